The predicted molar refractivity (Wildman–Crippen MR) is 114 cm³/mol. The Morgan fingerprint density at radius 3 is 2.16 bits per heavy atom. The third-order valence-corrected chi connectivity index (χ3v) is 7.39. The molecule has 1 aliphatic heterocycles. The first-order valence-corrected chi connectivity index (χ1v) is 10.9. The third-order valence-electron chi connectivity index (χ3n) is 7.39. The van der Waals surface area contributed by atoms with E-state index in [1.807, 2.05) is 0 Å². The van der Waals surface area contributed by atoms with Crippen molar-refractivity contribution in [3.8, 4) is 11.5 Å². The number of ketones is 1. The SMILES string of the molecule is COc1ccc(C(=O)COc2ccc(N3C(=O)[C@@H]4[C@@H]5C=C[C@@H]([C@H]6C[C@@H]56)[C@@H]4C3=O)nc2)cc1. The minimum atomic E-state index is -0.249. The molecule has 2 saturated carbocycles. The molecule has 7 nitrogen and oxygen atoms in total. The van der Waals surface area contributed by atoms with E-state index in [-0.39, 0.29) is 47.9 Å². The maximum Gasteiger partial charge on any atom is 0.239 e. The van der Waals surface area contributed by atoms with Gasteiger partial charge in [0, 0.05) is 5.56 Å². The normalized spacial score (nSPS) is 31.3. The highest BCUT2D eigenvalue weighted by Gasteiger charge is 2.67. The van der Waals surface area contributed by atoms with E-state index in [4.69, 9.17) is 9.47 Å². The second kappa shape index (κ2) is 7.02. The molecule has 0 spiro atoms. The van der Waals surface area contributed by atoms with Crippen LogP contribution in [0.1, 0.15) is 16.8 Å². The van der Waals surface area contributed by atoms with Gasteiger partial charge in [-0.15, -0.1) is 0 Å². The predicted octanol–water partition coefficient (Wildman–Crippen LogP) is 2.91. The Bertz CT molecular complexity index is 1100. The Morgan fingerprint density at radius 2 is 1.59 bits per heavy atom. The zero-order valence-electron chi connectivity index (χ0n) is 17.5. The molecule has 1 aromatic carbocycles. The highest BCUT2D eigenvalue weighted by atomic mass is 16.5. The Hall–Kier alpha value is -3.48. The van der Waals surface area contributed by atoms with Crippen LogP contribution in [0.3, 0.4) is 0 Å². The number of methoxy groups -OCH3 is 1. The number of carbonyl (C=O) groups excluding carboxylic acids is 3. The maximum atomic E-state index is 13.2. The fourth-order valence-corrected chi connectivity index (χ4v) is 5.78. The molecular weight excluding hydrogens is 408 g/mol. The molecule has 0 radical (unpaired) electrons. The number of allylic oxidation sites excluding steroid dienone is 2. The lowest BCUT2D eigenvalue weighted by molar-refractivity contribution is -0.124. The van der Waals surface area contributed by atoms with Crippen molar-refractivity contribution in [2.45, 2.75) is 6.42 Å². The zero-order valence-corrected chi connectivity index (χ0v) is 17.5. The van der Waals surface area contributed by atoms with Gasteiger partial charge in [-0.2, -0.15) is 0 Å². The molecule has 0 unspecified atom stereocenters. The second-order valence-electron chi connectivity index (χ2n) is 8.96. The largest absolute Gasteiger partial charge is 0.497 e. The molecule has 32 heavy (non-hydrogen) atoms. The van der Waals surface area contributed by atoms with Crippen molar-refractivity contribution in [2.75, 3.05) is 18.6 Å². The summed E-state index contributed by atoms with van der Waals surface area (Å²) in [6.07, 6.45) is 6.89. The minimum Gasteiger partial charge on any atom is -0.497 e. The minimum absolute atomic E-state index is 0.138. The summed E-state index contributed by atoms with van der Waals surface area (Å²) >= 11 is 0. The zero-order chi connectivity index (χ0) is 22.0. The molecule has 2 amide bonds. The van der Waals surface area contributed by atoms with Gasteiger partial charge in [0.2, 0.25) is 11.8 Å². The lowest BCUT2D eigenvalue weighted by atomic mass is 9.63. The van der Waals surface area contributed by atoms with Crippen LogP contribution in [0.4, 0.5) is 5.82 Å². The van der Waals surface area contributed by atoms with E-state index >= 15 is 0 Å². The van der Waals surface area contributed by atoms with Crippen molar-refractivity contribution >= 4 is 23.4 Å². The van der Waals surface area contributed by atoms with Gasteiger partial charge in [0.25, 0.3) is 0 Å². The van der Waals surface area contributed by atoms with Crippen molar-refractivity contribution in [1.29, 1.82) is 0 Å². The first-order valence-electron chi connectivity index (χ1n) is 10.9. The average Bonchev–Trinajstić information content (AvgIpc) is 3.61. The van der Waals surface area contributed by atoms with Crippen LogP contribution in [0.25, 0.3) is 0 Å². The summed E-state index contributed by atoms with van der Waals surface area (Å²) in [5.74, 6) is 1.94. The molecular formula is C25H22N2O5. The smallest absolute Gasteiger partial charge is 0.239 e. The first kappa shape index (κ1) is 19.2. The molecule has 162 valence electrons. The molecule has 1 aromatic heterocycles. The number of ether oxygens (including phenoxy) is 2. The first-order chi connectivity index (χ1) is 15.6. The van der Waals surface area contributed by atoms with Crippen LogP contribution < -0.4 is 14.4 Å². The fraction of sp³-hybridized carbons (Fsp3) is 0.360. The van der Waals surface area contributed by atoms with Gasteiger partial charge in [-0.3, -0.25) is 14.4 Å². The number of anilines is 1. The Labute approximate surface area is 185 Å². The number of pyridine rings is 1. The van der Waals surface area contributed by atoms with Crippen LogP contribution in [0.5, 0.6) is 11.5 Å². The highest BCUT2D eigenvalue weighted by molar-refractivity contribution is 6.22. The molecule has 2 aromatic rings. The number of aromatic nitrogens is 1. The Balaban J connectivity index is 1.14. The standard InChI is InChI=1S/C25H22N2O5/c1-31-14-4-2-13(3-5-14)20(28)12-32-15-6-9-21(26-11-15)27-24(29)22-16-7-8-17(19-10-18(16)19)23(22)25(27)30/h2-9,11,16-19,22-23H,10,12H2,1H3/t16-,17+,18+,19-,22-,23+. The molecule has 2 heterocycles. The number of hydrogen-bond donors (Lipinski definition) is 0. The van der Waals surface area contributed by atoms with Crippen molar-refractivity contribution in [2.24, 2.45) is 35.5 Å². The monoisotopic (exact) mass is 430 g/mol. The van der Waals surface area contributed by atoms with Crippen molar-refractivity contribution in [3.63, 3.8) is 0 Å². The molecule has 3 fully saturated rings. The second-order valence-corrected chi connectivity index (χ2v) is 8.96. The van der Waals surface area contributed by atoms with Crippen LogP contribution >= 0.6 is 0 Å². The van der Waals surface area contributed by atoms with Gasteiger partial charge < -0.3 is 9.47 Å². The molecule has 7 heteroatoms. The number of imide groups is 1. The van der Waals surface area contributed by atoms with Gasteiger partial charge in [-0.05, 0) is 66.5 Å². The topological polar surface area (TPSA) is 85.8 Å². The summed E-state index contributed by atoms with van der Waals surface area (Å²) in [6.45, 7) is -0.142. The number of amides is 2. The molecule has 4 aliphatic carbocycles. The Kier molecular flexibility index (Phi) is 4.22. The van der Waals surface area contributed by atoms with Gasteiger partial charge in [0.1, 0.15) is 17.3 Å². The van der Waals surface area contributed by atoms with Crippen LogP contribution in [-0.4, -0.2) is 36.3 Å². The van der Waals surface area contributed by atoms with Crippen LogP contribution in [0.2, 0.25) is 0 Å². The molecule has 1 saturated heterocycles. The van der Waals surface area contributed by atoms with Crippen LogP contribution in [-0.2, 0) is 9.59 Å². The summed E-state index contributed by atoms with van der Waals surface area (Å²) in [5, 5.41) is 0. The summed E-state index contributed by atoms with van der Waals surface area (Å²) in [4.78, 5) is 44.2. The number of Topliss-reactive ketones (excluding diaryl/α,β-unsaturated/α-hetero) is 1. The molecule has 0 N–H and O–H groups in total. The fourth-order valence-electron chi connectivity index (χ4n) is 5.78. The van der Waals surface area contributed by atoms with Gasteiger partial charge in [0.15, 0.2) is 12.4 Å². The van der Waals surface area contributed by atoms with Crippen molar-refractivity contribution in [3.05, 3.63) is 60.3 Å². The lowest BCUT2D eigenvalue weighted by Gasteiger charge is -2.37. The van der Waals surface area contributed by atoms with E-state index in [9.17, 15) is 14.4 Å². The molecule has 5 aliphatic rings. The summed E-state index contributed by atoms with van der Waals surface area (Å²) in [7, 11) is 1.57. The summed E-state index contributed by atoms with van der Waals surface area (Å²) in [6, 6.07) is 10.0. The van der Waals surface area contributed by atoms with E-state index in [0.717, 1.165) is 6.42 Å². The van der Waals surface area contributed by atoms with Gasteiger partial charge >= 0.3 is 0 Å². The Morgan fingerprint density at radius 1 is 0.969 bits per heavy atom. The van der Waals surface area contributed by atoms with Crippen LogP contribution in [0, 0.1) is 35.5 Å². The van der Waals surface area contributed by atoms with E-state index in [2.05, 4.69) is 17.1 Å². The number of carbonyl (C=O) groups is 3. The van der Waals surface area contributed by atoms with Crippen molar-refractivity contribution < 1.29 is 23.9 Å². The number of hydrogen-bond acceptors (Lipinski definition) is 6. The molecule has 7 rings (SSSR count). The van der Waals surface area contributed by atoms with E-state index in [1.165, 1.54) is 11.1 Å². The number of rotatable bonds is 6. The van der Waals surface area contributed by atoms with Gasteiger partial charge in [0.05, 0.1) is 25.1 Å². The molecule has 2 bridgehead atoms. The van der Waals surface area contributed by atoms with Crippen molar-refractivity contribution in [1.82, 2.24) is 4.98 Å². The maximum absolute atomic E-state index is 13.2. The van der Waals surface area contributed by atoms with Crippen LogP contribution in [0.15, 0.2) is 54.7 Å². The summed E-state index contributed by atoms with van der Waals surface area (Å²) < 4.78 is 10.7. The summed E-state index contributed by atoms with van der Waals surface area (Å²) in [5.41, 5.74) is 0.521. The average molecular weight is 430 g/mol. The lowest BCUT2D eigenvalue weighted by Crippen LogP contribution is -2.40. The quantitative estimate of drug-likeness (QED) is 0.398. The number of nitrogens with zero attached hydrogens (tertiary/aromatic N) is 2. The van der Waals surface area contributed by atoms with Gasteiger partial charge in [-0.1, -0.05) is 12.2 Å². The van der Waals surface area contributed by atoms with Gasteiger partial charge in [-0.25, -0.2) is 9.88 Å². The highest BCUT2D eigenvalue weighted by Crippen LogP contribution is 2.65. The van der Waals surface area contributed by atoms with E-state index < -0.39 is 0 Å². The number of benzene rings is 1. The van der Waals surface area contributed by atoms with E-state index in [0.29, 0.717) is 34.7 Å². The molecule has 6 atom stereocenters. The third kappa shape index (κ3) is 2.80. The van der Waals surface area contributed by atoms with E-state index in [1.54, 1.807) is 43.5 Å².